The smallest absolute Gasteiger partial charge is 0.322 e. The van der Waals surface area contributed by atoms with Crippen molar-refractivity contribution < 1.29 is 22.6 Å². The second-order valence-corrected chi connectivity index (χ2v) is 11.3. The molecule has 0 radical (unpaired) electrons. The maximum absolute atomic E-state index is 13.4. The number of pyridine rings is 1. The van der Waals surface area contributed by atoms with Crippen molar-refractivity contribution in [3.05, 3.63) is 90.8 Å². The number of nitrogens with zero attached hydrogens (tertiary/aromatic N) is 3. The highest BCUT2D eigenvalue weighted by Gasteiger charge is 2.24. The summed E-state index contributed by atoms with van der Waals surface area (Å²) in [5, 5.41) is 0. The molecule has 2 aromatic carbocycles. The van der Waals surface area contributed by atoms with Crippen LogP contribution < -0.4 is 23.7 Å². The Labute approximate surface area is 247 Å². The van der Waals surface area contributed by atoms with E-state index in [9.17, 15) is 8.42 Å². The molecule has 0 spiro atoms. The summed E-state index contributed by atoms with van der Waals surface area (Å²) in [6, 6.07) is 17.6. The summed E-state index contributed by atoms with van der Waals surface area (Å²) in [7, 11) is -2.67. The summed E-state index contributed by atoms with van der Waals surface area (Å²) in [5.74, 6) is 1.20. The lowest BCUT2D eigenvalue weighted by Crippen LogP contribution is -2.23. The monoisotopic (exact) mass is 589 g/mol. The number of para-hydroxylation sites is 2. The van der Waals surface area contributed by atoms with Crippen molar-refractivity contribution in [2.75, 3.05) is 23.2 Å². The van der Waals surface area contributed by atoms with Crippen LogP contribution >= 0.6 is 0 Å². The van der Waals surface area contributed by atoms with Crippen LogP contribution in [0.15, 0.2) is 85.2 Å². The van der Waals surface area contributed by atoms with E-state index in [1.165, 1.54) is 7.11 Å². The summed E-state index contributed by atoms with van der Waals surface area (Å²) in [6.07, 6.45) is 4.62. The molecule has 42 heavy (non-hydrogen) atoms. The minimum atomic E-state index is -4.18. The van der Waals surface area contributed by atoms with E-state index in [4.69, 9.17) is 14.2 Å². The Balaban J connectivity index is 1.77. The molecule has 0 aliphatic heterocycles. The molecule has 10 nitrogen and oxygen atoms in total. The molecule has 0 aliphatic carbocycles. The molecule has 0 saturated carbocycles. The van der Waals surface area contributed by atoms with Crippen molar-refractivity contribution >= 4 is 21.7 Å². The zero-order valence-electron chi connectivity index (χ0n) is 24.1. The van der Waals surface area contributed by atoms with E-state index in [1.54, 1.807) is 60.9 Å². The van der Waals surface area contributed by atoms with Crippen LogP contribution in [0.1, 0.15) is 45.1 Å². The van der Waals surface area contributed by atoms with E-state index < -0.39 is 10.2 Å². The first-order valence-corrected chi connectivity index (χ1v) is 14.9. The van der Waals surface area contributed by atoms with Crippen molar-refractivity contribution in [3.63, 3.8) is 0 Å². The predicted molar refractivity (Wildman–Crippen MR) is 165 cm³/mol. The van der Waals surface area contributed by atoms with Gasteiger partial charge in [0.2, 0.25) is 5.75 Å². The molecule has 0 saturated heterocycles. The summed E-state index contributed by atoms with van der Waals surface area (Å²) in [6.45, 7) is 10.3. The van der Waals surface area contributed by atoms with Gasteiger partial charge in [0.05, 0.1) is 19.4 Å². The van der Waals surface area contributed by atoms with Crippen LogP contribution in [-0.2, 0) is 10.2 Å². The SMILES string of the molecule is C=C(C)CCCOc1nc(-c2ccncc2)nc(NS(=O)(=O)Nc2ccc(C(C)C)cc2)c1Oc1ccccc1OC. The van der Waals surface area contributed by atoms with Gasteiger partial charge >= 0.3 is 10.2 Å². The summed E-state index contributed by atoms with van der Waals surface area (Å²) in [4.78, 5) is 13.2. The molecule has 0 amide bonds. The standard InChI is InChI=1S/C31H35N5O5S/c1-21(2)9-8-20-40-31-28(41-27-11-7-6-10-26(27)39-5)30(33-29(34-31)24-16-18-32-19-17-24)36-42(37,38)35-25-14-12-23(13-15-25)22(3)4/h6-7,10-19,22,35H,1,8-9,20H2,2-5H3,(H,33,34,36). The lowest BCUT2D eigenvalue weighted by Gasteiger charge is -2.19. The number of aromatic nitrogens is 3. The zero-order valence-corrected chi connectivity index (χ0v) is 24.9. The Kier molecular flexibility index (Phi) is 9.98. The van der Waals surface area contributed by atoms with Gasteiger partial charge in [0, 0.05) is 18.0 Å². The molecule has 11 heteroatoms. The Morgan fingerprint density at radius 2 is 1.64 bits per heavy atom. The maximum atomic E-state index is 13.4. The molecule has 0 atom stereocenters. The molecule has 4 aromatic rings. The molecule has 2 N–H and O–H groups in total. The fourth-order valence-corrected chi connectivity index (χ4v) is 4.81. The van der Waals surface area contributed by atoms with Crippen LogP contribution in [0.5, 0.6) is 23.1 Å². The summed E-state index contributed by atoms with van der Waals surface area (Å²) >= 11 is 0. The molecule has 0 bridgehead atoms. The van der Waals surface area contributed by atoms with Gasteiger partial charge in [0.25, 0.3) is 5.88 Å². The van der Waals surface area contributed by atoms with E-state index in [-0.39, 0.29) is 29.9 Å². The van der Waals surface area contributed by atoms with E-state index in [0.29, 0.717) is 35.1 Å². The third-order valence-corrected chi connectivity index (χ3v) is 7.07. The molecule has 2 heterocycles. The Hall–Kier alpha value is -4.64. The van der Waals surface area contributed by atoms with Crippen LogP contribution in [0, 0.1) is 0 Å². The van der Waals surface area contributed by atoms with Gasteiger partial charge in [0.15, 0.2) is 23.1 Å². The third-order valence-electron chi connectivity index (χ3n) is 6.10. The summed E-state index contributed by atoms with van der Waals surface area (Å²) < 4.78 is 49.6. The predicted octanol–water partition coefficient (Wildman–Crippen LogP) is 6.97. The Morgan fingerprint density at radius 1 is 0.952 bits per heavy atom. The van der Waals surface area contributed by atoms with E-state index in [1.807, 2.05) is 19.1 Å². The number of rotatable bonds is 14. The van der Waals surface area contributed by atoms with E-state index in [0.717, 1.165) is 17.6 Å². The molecule has 0 fully saturated rings. The molecular formula is C31H35N5O5S. The second kappa shape index (κ2) is 13.8. The molecule has 0 aliphatic rings. The van der Waals surface area contributed by atoms with E-state index >= 15 is 0 Å². The Morgan fingerprint density at radius 3 is 2.29 bits per heavy atom. The number of nitrogens with one attached hydrogen (secondary N) is 2. The number of anilines is 2. The van der Waals surface area contributed by atoms with E-state index in [2.05, 4.69) is 44.8 Å². The third kappa shape index (κ3) is 8.20. The quantitative estimate of drug-likeness (QED) is 0.119. The molecule has 2 aromatic heterocycles. The lowest BCUT2D eigenvalue weighted by atomic mass is 10.0. The van der Waals surface area contributed by atoms with Gasteiger partial charge in [0.1, 0.15) is 0 Å². The number of benzene rings is 2. The minimum Gasteiger partial charge on any atom is -0.493 e. The van der Waals surface area contributed by atoms with Gasteiger partial charge in [-0.05, 0) is 67.6 Å². The zero-order chi connectivity index (χ0) is 30.1. The Bertz CT molecular complexity index is 1610. The van der Waals surface area contributed by atoms with Crippen LogP contribution in [0.4, 0.5) is 11.5 Å². The first kappa shape index (κ1) is 30.3. The maximum Gasteiger partial charge on any atom is 0.322 e. The number of hydrogen-bond donors (Lipinski definition) is 2. The number of allylic oxidation sites excluding steroid dienone is 1. The van der Waals surface area contributed by atoms with Crippen molar-refractivity contribution in [2.45, 2.75) is 39.5 Å². The van der Waals surface area contributed by atoms with Gasteiger partial charge in [-0.1, -0.05) is 43.7 Å². The van der Waals surface area contributed by atoms with Crippen molar-refractivity contribution in [1.29, 1.82) is 0 Å². The highest BCUT2D eigenvalue weighted by molar-refractivity contribution is 7.94. The van der Waals surface area contributed by atoms with Crippen molar-refractivity contribution in [1.82, 2.24) is 15.0 Å². The average molecular weight is 590 g/mol. The van der Waals surface area contributed by atoms with Crippen molar-refractivity contribution in [3.8, 4) is 34.5 Å². The van der Waals surface area contributed by atoms with Crippen LogP contribution in [-0.4, -0.2) is 37.1 Å². The van der Waals surface area contributed by atoms with Gasteiger partial charge in [-0.25, -0.2) is 9.71 Å². The molecular weight excluding hydrogens is 554 g/mol. The second-order valence-electron chi connectivity index (χ2n) is 9.91. The molecule has 4 rings (SSSR count). The molecule has 0 unspecified atom stereocenters. The molecule has 220 valence electrons. The van der Waals surface area contributed by atoms with Gasteiger partial charge in [-0.15, -0.1) is 6.58 Å². The topological polar surface area (TPSA) is 125 Å². The van der Waals surface area contributed by atoms with Gasteiger partial charge in [-0.2, -0.15) is 13.4 Å². The van der Waals surface area contributed by atoms with Crippen molar-refractivity contribution in [2.24, 2.45) is 0 Å². The average Bonchev–Trinajstić information content (AvgIpc) is 2.97. The normalized spacial score (nSPS) is 11.2. The number of hydrogen-bond acceptors (Lipinski definition) is 8. The van der Waals surface area contributed by atoms with Crippen LogP contribution in [0.25, 0.3) is 11.4 Å². The van der Waals surface area contributed by atoms with Crippen LogP contribution in [0.3, 0.4) is 0 Å². The fraction of sp³-hybridized carbons (Fsp3) is 0.258. The van der Waals surface area contributed by atoms with Crippen LogP contribution in [0.2, 0.25) is 0 Å². The highest BCUT2D eigenvalue weighted by Crippen LogP contribution is 2.41. The lowest BCUT2D eigenvalue weighted by molar-refractivity contribution is 0.282. The van der Waals surface area contributed by atoms with Gasteiger partial charge < -0.3 is 14.2 Å². The number of methoxy groups -OCH3 is 1. The van der Waals surface area contributed by atoms with Gasteiger partial charge in [-0.3, -0.25) is 9.71 Å². The minimum absolute atomic E-state index is 0.0202. The summed E-state index contributed by atoms with van der Waals surface area (Å²) in [5.41, 5.74) is 3.10. The fourth-order valence-electron chi connectivity index (χ4n) is 3.92. The first-order valence-electron chi connectivity index (χ1n) is 13.5. The highest BCUT2D eigenvalue weighted by atomic mass is 32.2. The first-order chi connectivity index (χ1) is 20.1. The largest absolute Gasteiger partial charge is 0.493 e. The number of ether oxygens (including phenoxy) is 3.